The van der Waals surface area contributed by atoms with Crippen LogP contribution in [0.1, 0.15) is 36.9 Å². The smallest absolute Gasteiger partial charge is 0.387 e. The van der Waals surface area contributed by atoms with Crippen LogP contribution in [0, 0.1) is 0 Å². The Hall–Kier alpha value is -2.14. The highest BCUT2D eigenvalue weighted by Gasteiger charge is 2.18. The number of rotatable bonds is 8. The second-order valence-electron chi connectivity index (χ2n) is 5.54. The van der Waals surface area contributed by atoms with Crippen molar-refractivity contribution in [2.75, 3.05) is 0 Å². The van der Waals surface area contributed by atoms with Crippen molar-refractivity contribution in [2.24, 2.45) is 0 Å². The van der Waals surface area contributed by atoms with Gasteiger partial charge in [0, 0.05) is 17.0 Å². The zero-order chi connectivity index (χ0) is 18.2. The van der Waals surface area contributed by atoms with Crippen LogP contribution in [-0.2, 0) is 11.2 Å². The summed E-state index contributed by atoms with van der Waals surface area (Å²) >= 11 is 6.09. The fourth-order valence-electron chi connectivity index (χ4n) is 2.59. The van der Waals surface area contributed by atoms with Gasteiger partial charge in [0.1, 0.15) is 5.75 Å². The molecule has 0 spiro atoms. The van der Waals surface area contributed by atoms with Crippen molar-refractivity contribution in [2.45, 2.75) is 38.8 Å². The zero-order valence-electron chi connectivity index (χ0n) is 13.8. The molecule has 0 fully saturated rings. The number of amides is 1. The van der Waals surface area contributed by atoms with Crippen LogP contribution in [0.5, 0.6) is 5.75 Å². The molecule has 3 nitrogen and oxygen atoms in total. The van der Waals surface area contributed by atoms with Gasteiger partial charge in [-0.2, -0.15) is 8.78 Å². The number of benzene rings is 2. The van der Waals surface area contributed by atoms with E-state index >= 15 is 0 Å². The number of hydrogen-bond acceptors (Lipinski definition) is 2. The molecule has 0 radical (unpaired) electrons. The van der Waals surface area contributed by atoms with E-state index in [0.717, 1.165) is 5.56 Å². The van der Waals surface area contributed by atoms with Gasteiger partial charge in [-0.15, -0.1) is 0 Å². The molecule has 6 heteroatoms. The van der Waals surface area contributed by atoms with Crippen molar-refractivity contribution in [3.63, 3.8) is 0 Å². The normalized spacial score (nSPS) is 12.0. The summed E-state index contributed by atoms with van der Waals surface area (Å²) in [6.07, 6.45) is 1.33. The molecule has 0 aliphatic heterocycles. The Bertz CT molecular complexity index is 709. The lowest BCUT2D eigenvalue weighted by molar-refractivity contribution is -0.121. The molecule has 1 atom stereocenters. The van der Waals surface area contributed by atoms with E-state index in [-0.39, 0.29) is 18.1 Å². The molecule has 0 saturated carbocycles. The summed E-state index contributed by atoms with van der Waals surface area (Å²) in [7, 11) is 0. The van der Waals surface area contributed by atoms with Gasteiger partial charge in [-0.3, -0.25) is 4.79 Å². The zero-order valence-corrected chi connectivity index (χ0v) is 14.6. The molecule has 0 aliphatic carbocycles. The highest BCUT2D eigenvalue weighted by Crippen LogP contribution is 2.28. The van der Waals surface area contributed by atoms with Gasteiger partial charge >= 0.3 is 6.61 Å². The maximum atomic E-state index is 12.6. The van der Waals surface area contributed by atoms with Crippen LogP contribution in [0.2, 0.25) is 5.02 Å². The van der Waals surface area contributed by atoms with Crippen LogP contribution in [0.3, 0.4) is 0 Å². The Morgan fingerprint density at radius 2 is 1.84 bits per heavy atom. The maximum absolute atomic E-state index is 12.6. The fourth-order valence-corrected chi connectivity index (χ4v) is 2.82. The van der Waals surface area contributed by atoms with Gasteiger partial charge in [-0.25, -0.2) is 0 Å². The third kappa shape index (κ3) is 5.71. The second-order valence-corrected chi connectivity index (χ2v) is 5.94. The number of carbonyl (C=O) groups is 1. The largest absolute Gasteiger partial charge is 0.434 e. The first-order valence-corrected chi connectivity index (χ1v) is 8.45. The monoisotopic (exact) mass is 367 g/mol. The summed E-state index contributed by atoms with van der Waals surface area (Å²) in [5.74, 6) is -0.0885. The van der Waals surface area contributed by atoms with Crippen LogP contribution in [0.4, 0.5) is 8.78 Å². The number of halogens is 3. The average Bonchev–Trinajstić information content (AvgIpc) is 2.59. The summed E-state index contributed by atoms with van der Waals surface area (Å²) in [5, 5.41) is 3.50. The fraction of sp³-hybridized carbons (Fsp3) is 0.316. The van der Waals surface area contributed by atoms with E-state index in [1.807, 2.05) is 25.1 Å². The third-order valence-electron chi connectivity index (χ3n) is 3.83. The van der Waals surface area contributed by atoms with Crippen LogP contribution in [0.15, 0.2) is 48.5 Å². The highest BCUT2D eigenvalue weighted by atomic mass is 35.5. The first-order chi connectivity index (χ1) is 12.0. The number of para-hydroxylation sites is 1. The minimum Gasteiger partial charge on any atom is -0.434 e. The lowest BCUT2D eigenvalue weighted by Crippen LogP contribution is -2.28. The molecule has 0 bridgehead atoms. The van der Waals surface area contributed by atoms with Crippen LogP contribution < -0.4 is 10.1 Å². The first-order valence-electron chi connectivity index (χ1n) is 8.07. The molecule has 2 aromatic carbocycles. The Balaban J connectivity index is 2.02. The van der Waals surface area contributed by atoms with Gasteiger partial charge in [-0.05, 0) is 30.5 Å². The molecule has 2 aromatic rings. The number of ether oxygens (including phenoxy) is 1. The number of aryl methyl sites for hydroxylation is 1. The molecule has 134 valence electrons. The molecular formula is C19H20ClF2NO2. The van der Waals surface area contributed by atoms with Gasteiger partial charge in [0.25, 0.3) is 0 Å². The first kappa shape index (κ1) is 19.2. The highest BCUT2D eigenvalue weighted by molar-refractivity contribution is 6.31. The summed E-state index contributed by atoms with van der Waals surface area (Å²) in [6.45, 7) is -1.03. The third-order valence-corrected chi connectivity index (χ3v) is 4.20. The van der Waals surface area contributed by atoms with E-state index in [1.54, 1.807) is 24.3 Å². The predicted molar refractivity (Wildman–Crippen MR) is 94.0 cm³/mol. The number of hydrogen-bond donors (Lipinski definition) is 1. The quantitative estimate of drug-likeness (QED) is 0.701. The Kier molecular flexibility index (Phi) is 7.19. The minimum atomic E-state index is -2.91. The number of alkyl halides is 2. The lowest BCUT2D eigenvalue weighted by Gasteiger charge is -2.20. The van der Waals surface area contributed by atoms with Crippen molar-refractivity contribution in [1.29, 1.82) is 0 Å². The van der Waals surface area contributed by atoms with Gasteiger partial charge in [0.05, 0.1) is 6.04 Å². The summed E-state index contributed by atoms with van der Waals surface area (Å²) in [5.41, 5.74) is 1.44. The Morgan fingerprint density at radius 3 is 2.52 bits per heavy atom. The lowest BCUT2D eigenvalue weighted by atomic mass is 10.0. The Labute approximate surface area is 151 Å². The molecule has 0 heterocycles. The molecule has 1 amide bonds. The van der Waals surface area contributed by atoms with E-state index in [9.17, 15) is 13.6 Å². The predicted octanol–water partition coefficient (Wildman–Crippen LogP) is 5.14. The molecule has 0 saturated heterocycles. The molecule has 25 heavy (non-hydrogen) atoms. The molecule has 0 aromatic heterocycles. The van der Waals surface area contributed by atoms with Gasteiger partial charge < -0.3 is 10.1 Å². The van der Waals surface area contributed by atoms with Crippen molar-refractivity contribution in [3.8, 4) is 5.75 Å². The van der Waals surface area contributed by atoms with Crippen LogP contribution in [0.25, 0.3) is 0 Å². The molecular weight excluding hydrogens is 348 g/mol. The molecule has 0 aliphatic rings. The van der Waals surface area contributed by atoms with E-state index in [0.29, 0.717) is 23.4 Å². The van der Waals surface area contributed by atoms with E-state index < -0.39 is 12.7 Å². The van der Waals surface area contributed by atoms with E-state index in [1.165, 1.54) is 6.07 Å². The standard InChI is InChI=1S/C19H20ClF2NO2/c1-2-16(14-8-4-6-10-17(14)25-19(21)22)23-18(24)12-11-13-7-3-5-9-15(13)20/h3-10,16,19H,2,11-12H2,1H3,(H,23,24). The van der Waals surface area contributed by atoms with Crippen molar-refractivity contribution in [1.82, 2.24) is 5.32 Å². The summed E-state index contributed by atoms with van der Waals surface area (Å²) in [6, 6.07) is 13.5. The average molecular weight is 368 g/mol. The minimum absolute atomic E-state index is 0.0794. The summed E-state index contributed by atoms with van der Waals surface area (Å²) < 4.78 is 29.7. The number of nitrogens with one attached hydrogen (secondary N) is 1. The molecule has 1 N–H and O–H groups in total. The van der Waals surface area contributed by atoms with Crippen molar-refractivity contribution >= 4 is 17.5 Å². The summed E-state index contributed by atoms with van der Waals surface area (Å²) in [4.78, 5) is 12.3. The van der Waals surface area contributed by atoms with Crippen LogP contribution >= 0.6 is 11.6 Å². The van der Waals surface area contributed by atoms with Gasteiger partial charge in [0.15, 0.2) is 0 Å². The second kappa shape index (κ2) is 9.37. The number of carbonyl (C=O) groups excluding carboxylic acids is 1. The molecule has 2 rings (SSSR count). The Morgan fingerprint density at radius 1 is 1.16 bits per heavy atom. The van der Waals surface area contributed by atoms with Gasteiger partial charge in [-0.1, -0.05) is 54.9 Å². The van der Waals surface area contributed by atoms with Crippen molar-refractivity contribution in [3.05, 3.63) is 64.7 Å². The SMILES string of the molecule is CCC(NC(=O)CCc1ccccc1Cl)c1ccccc1OC(F)F. The van der Waals surface area contributed by atoms with Crippen molar-refractivity contribution < 1.29 is 18.3 Å². The van der Waals surface area contributed by atoms with E-state index in [4.69, 9.17) is 11.6 Å². The van der Waals surface area contributed by atoms with Crippen LogP contribution in [-0.4, -0.2) is 12.5 Å². The maximum Gasteiger partial charge on any atom is 0.387 e. The topological polar surface area (TPSA) is 38.3 Å². The molecule has 1 unspecified atom stereocenters. The van der Waals surface area contributed by atoms with E-state index in [2.05, 4.69) is 10.1 Å². The van der Waals surface area contributed by atoms with Gasteiger partial charge in [0.2, 0.25) is 5.91 Å².